The number of rotatable bonds is 5. The van der Waals surface area contributed by atoms with Crippen LogP contribution in [0.3, 0.4) is 0 Å². The van der Waals surface area contributed by atoms with E-state index in [-0.39, 0.29) is 18.0 Å². The predicted molar refractivity (Wildman–Crippen MR) is 100 cm³/mol. The van der Waals surface area contributed by atoms with Gasteiger partial charge in [0, 0.05) is 30.1 Å². The van der Waals surface area contributed by atoms with Gasteiger partial charge in [-0.25, -0.2) is 4.68 Å². The molecule has 6 heteroatoms. The quantitative estimate of drug-likeness (QED) is 0.768. The number of hydrogen-bond donors (Lipinski definition) is 1. The highest BCUT2D eigenvalue weighted by Gasteiger charge is 2.11. The molecule has 0 saturated heterocycles. The van der Waals surface area contributed by atoms with Crippen molar-refractivity contribution in [3.63, 3.8) is 0 Å². The maximum atomic E-state index is 12.7. The highest BCUT2D eigenvalue weighted by molar-refractivity contribution is 5.90. The average Bonchev–Trinajstić information content (AvgIpc) is 2.62. The number of nitrogens with zero attached hydrogens (tertiary/aromatic N) is 3. The normalized spacial score (nSPS) is 10.5. The van der Waals surface area contributed by atoms with Crippen LogP contribution in [0.5, 0.6) is 0 Å². The van der Waals surface area contributed by atoms with E-state index in [1.54, 1.807) is 25.4 Å². The van der Waals surface area contributed by atoms with Gasteiger partial charge < -0.3 is 5.32 Å². The summed E-state index contributed by atoms with van der Waals surface area (Å²) in [7, 11) is 0. The van der Waals surface area contributed by atoms with E-state index in [2.05, 4.69) is 15.4 Å². The van der Waals surface area contributed by atoms with Gasteiger partial charge in [0.2, 0.25) is 5.91 Å². The molecule has 132 valence electrons. The number of nitrogens with one attached hydrogen (secondary N) is 1. The van der Waals surface area contributed by atoms with Crippen molar-refractivity contribution in [2.24, 2.45) is 0 Å². The summed E-state index contributed by atoms with van der Waals surface area (Å²) in [5.74, 6) is -0.290. The molecule has 0 saturated carbocycles. The summed E-state index contributed by atoms with van der Waals surface area (Å²) in [6, 6.07) is 13.0. The Morgan fingerprint density at radius 1 is 1.15 bits per heavy atom. The second-order valence-electron chi connectivity index (χ2n) is 6.23. The molecule has 2 heterocycles. The molecule has 6 nitrogen and oxygen atoms in total. The third-order valence-electron chi connectivity index (χ3n) is 3.92. The van der Waals surface area contributed by atoms with Gasteiger partial charge in [0.1, 0.15) is 6.54 Å². The van der Waals surface area contributed by atoms with Crippen LogP contribution in [-0.2, 0) is 17.8 Å². The minimum Gasteiger partial charge on any atom is -0.324 e. The minimum absolute atomic E-state index is 0.131. The number of benzene rings is 1. The molecule has 1 aromatic carbocycles. The van der Waals surface area contributed by atoms with Crippen LogP contribution in [0.25, 0.3) is 0 Å². The van der Waals surface area contributed by atoms with Crippen molar-refractivity contribution in [1.29, 1.82) is 0 Å². The zero-order chi connectivity index (χ0) is 18.5. The predicted octanol–water partition coefficient (Wildman–Crippen LogP) is 2.48. The lowest BCUT2D eigenvalue weighted by Gasteiger charge is -2.10. The SMILES string of the molecule is Cc1ccc(NC(=O)Cn2nc(C)cc(Cc3cccnc3)c2=O)cc1. The van der Waals surface area contributed by atoms with Crippen LogP contribution < -0.4 is 10.9 Å². The molecule has 3 rings (SSSR count). The van der Waals surface area contributed by atoms with Crippen molar-refractivity contribution in [1.82, 2.24) is 14.8 Å². The summed E-state index contributed by atoms with van der Waals surface area (Å²) >= 11 is 0. The second kappa shape index (κ2) is 7.74. The van der Waals surface area contributed by atoms with Gasteiger partial charge in [-0.1, -0.05) is 23.8 Å². The summed E-state index contributed by atoms with van der Waals surface area (Å²) < 4.78 is 1.21. The Balaban J connectivity index is 1.78. The van der Waals surface area contributed by atoms with Gasteiger partial charge in [-0.2, -0.15) is 5.10 Å². The van der Waals surface area contributed by atoms with Gasteiger partial charge in [-0.05, 0) is 43.7 Å². The van der Waals surface area contributed by atoms with Gasteiger partial charge in [0.05, 0.1) is 5.69 Å². The van der Waals surface area contributed by atoms with Crippen LogP contribution in [0.2, 0.25) is 0 Å². The Bertz CT molecular complexity index is 963. The minimum atomic E-state index is -0.290. The maximum Gasteiger partial charge on any atom is 0.270 e. The van der Waals surface area contributed by atoms with E-state index < -0.39 is 0 Å². The first-order valence-corrected chi connectivity index (χ1v) is 8.34. The van der Waals surface area contributed by atoms with Crippen LogP contribution in [0.4, 0.5) is 5.69 Å². The van der Waals surface area contributed by atoms with E-state index in [0.717, 1.165) is 11.1 Å². The number of aryl methyl sites for hydroxylation is 2. The highest BCUT2D eigenvalue weighted by Crippen LogP contribution is 2.09. The number of amides is 1. The Hall–Kier alpha value is -3.28. The molecular weight excluding hydrogens is 328 g/mol. The van der Waals surface area contributed by atoms with E-state index in [4.69, 9.17) is 0 Å². The molecule has 0 aliphatic heterocycles. The van der Waals surface area contributed by atoms with Crippen molar-refractivity contribution in [2.45, 2.75) is 26.8 Å². The van der Waals surface area contributed by atoms with Crippen LogP contribution in [0.1, 0.15) is 22.4 Å². The number of pyridine rings is 1. The van der Waals surface area contributed by atoms with Gasteiger partial charge in [-0.3, -0.25) is 14.6 Å². The first-order valence-electron chi connectivity index (χ1n) is 8.34. The van der Waals surface area contributed by atoms with Crippen molar-refractivity contribution >= 4 is 11.6 Å². The lowest BCUT2D eigenvalue weighted by molar-refractivity contribution is -0.117. The first-order chi connectivity index (χ1) is 12.5. The summed E-state index contributed by atoms with van der Waals surface area (Å²) in [5.41, 5.74) is 3.75. The molecule has 0 fully saturated rings. The molecular formula is C20H20N4O2. The number of anilines is 1. The van der Waals surface area contributed by atoms with Gasteiger partial charge >= 0.3 is 0 Å². The summed E-state index contributed by atoms with van der Waals surface area (Å²) in [6.45, 7) is 3.65. The van der Waals surface area contributed by atoms with E-state index in [1.807, 2.05) is 43.3 Å². The molecule has 0 spiro atoms. The summed E-state index contributed by atoms with van der Waals surface area (Å²) in [5, 5.41) is 6.98. The van der Waals surface area contributed by atoms with Crippen LogP contribution in [0, 0.1) is 13.8 Å². The zero-order valence-electron chi connectivity index (χ0n) is 14.8. The molecule has 0 radical (unpaired) electrons. The topological polar surface area (TPSA) is 76.9 Å². The standard InChI is InChI=1S/C20H20N4O2/c1-14-5-7-18(8-6-14)22-19(25)13-24-20(26)17(10-15(2)23-24)11-16-4-3-9-21-12-16/h3-10,12H,11,13H2,1-2H3,(H,22,25). The van der Waals surface area contributed by atoms with Crippen LogP contribution >= 0.6 is 0 Å². The monoisotopic (exact) mass is 348 g/mol. The number of carbonyl (C=O) groups excluding carboxylic acids is 1. The first kappa shape index (κ1) is 17.5. The third-order valence-corrected chi connectivity index (χ3v) is 3.92. The van der Waals surface area contributed by atoms with Crippen molar-refractivity contribution < 1.29 is 4.79 Å². The Labute approximate surface area is 151 Å². The molecule has 0 atom stereocenters. The fourth-order valence-electron chi connectivity index (χ4n) is 2.67. The van der Waals surface area contributed by atoms with Crippen LogP contribution in [0.15, 0.2) is 59.7 Å². The fraction of sp³-hybridized carbons (Fsp3) is 0.200. The Morgan fingerprint density at radius 2 is 1.92 bits per heavy atom. The molecule has 0 bridgehead atoms. The number of carbonyl (C=O) groups is 1. The van der Waals surface area contributed by atoms with E-state index >= 15 is 0 Å². The maximum absolute atomic E-state index is 12.7. The van der Waals surface area contributed by atoms with Crippen LogP contribution in [-0.4, -0.2) is 20.7 Å². The second-order valence-corrected chi connectivity index (χ2v) is 6.23. The summed E-state index contributed by atoms with van der Waals surface area (Å²) in [6.07, 6.45) is 3.87. The Kier molecular flexibility index (Phi) is 5.22. The zero-order valence-corrected chi connectivity index (χ0v) is 14.8. The molecule has 1 N–H and O–H groups in total. The van der Waals surface area contributed by atoms with Gasteiger partial charge in [-0.15, -0.1) is 0 Å². The van der Waals surface area contributed by atoms with Gasteiger partial charge in [0.25, 0.3) is 5.56 Å². The smallest absolute Gasteiger partial charge is 0.270 e. The fourth-order valence-corrected chi connectivity index (χ4v) is 2.67. The van der Waals surface area contributed by atoms with E-state index in [9.17, 15) is 9.59 Å². The summed E-state index contributed by atoms with van der Waals surface area (Å²) in [4.78, 5) is 29.0. The molecule has 0 aliphatic rings. The molecule has 26 heavy (non-hydrogen) atoms. The van der Waals surface area contributed by atoms with Crippen molar-refractivity contribution in [3.05, 3.63) is 87.6 Å². The molecule has 3 aromatic rings. The van der Waals surface area contributed by atoms with Crippen molar-refractivity contribution in [2.75, 3.05) is 5.32 Å². The number of aromatic nitrogens is 3. The highest BCUT2D eigenvalue weighted by atomic mass is 16.2. The molecule has 0 unspecified atom stereocenters. The van der Waals surface area contributed by atoms with E-state index in [1.165, 1.54) is 4.68 Å². The number of hydrogen-bond acceptors (Lipinski definition) is 4. The third kappa shape index (κ3) is 4.42. The average molecular weight is 348 g/mol. The lowest BCUT2D eigenvalue weighted by Crippen LogP contribution is -2.32. The lowest BCUT2D eigenvalue weighted by atomic mass is 10.1. The molecule has 0 aliphatic carbocycles. The molecule has 1 amide bonds. The molecule has 2 aromatic heterocycles. The van der Waals surface area contributed by atoms with E-state index in [0.29, 0.717) is 23.4 Å². The Morgan fingerprint density at radius 3 is 2.62 bits per heavy atom. The van der Waals surface area contributed by atoms with Crippen molar-refractivity contribution in [3.8, 4) is 0 Å². The van der Waals surface area contributed by atoms with Gasteiger partial charge in [0.15, 0.2) is 0 Å². The largest absolute Gasteiger partial charge is 0.324 e.